The number of thiophene rings is 1. The van der Waals surface area contributed by atoms with Crippen LogP contribution >= 0.6 is 11.3 Å². The van der Waals surface area contributed by atoms with Gasteiger partial charge >= 0.3 is 5.97 Å². The lowest BCUT2D eigenvalue weighted by Gasteiger charge is -2.09. The number of carboxylic acids is 1. The number of anilines is 1. The first-order chi connectivity index (χ1) is 7.09. The zero-order valence-corrected chi connectivity index (χ0v) is 8.41. The molecule has 5 nitrogen and oxygen atoms in total. The van der Waals surface area contributed by atoms with Gasteiger partial charge in [-0.25, -0.2) is 9.69 Å². The van der Waals surface area contributed by atoms with Crippen LogP contribution in [0.15, 0.2) is 12.1 Å². The summed E-state index contributed by atoms with van der Waals surface area (Å²) in [5, 5.41) is 9.08. The van der Waals surface area contributed by atoms with Crippen molar-refractivity contribution < 1.29 is 19.5 Å². The van der Waals surface area contributed by atoms with E-state index in [1.54, 1.807) is 0 Å². The highest BCUT2D eigenvalue weighted by Gasteiger charge is 2.31. The minimum atomic E-state index is -1.05. The number of hydrogen-bond donors (Lipinski definition) is 1. The van der Waals surface area contributed by atoms with Crippen molar-refractivity contribution in [2.24, 2.45) is 0 Å². The lowest BCUT2D eigenvalue weighted by atomic mass is 10.4. The molecule has 1 aliphatic rings. The lowest BCUT2D eigenvalue weighted by molar-refractivity contribution is -0.121. The molecule has 1 saturated heterocycles. The van der Waals surface area contributed by atoms with Crippen molar-refractivity contribution in [1.29, 1.82) is 0 Å². The van der Waals surface area contributed by atoms with Gasteiger partial charge in [-0.2, -0.15) is 0 Å². The Labute approximate surface area is 88.9 Å². The van der Waals surface area contributed by atoms with Crippen LogP contribution in [0.2, 0.25) is 0 Å². The van der Waals surface area contributed by atoms with Crippen LogP contribution in [0.25, 0.3) is 0 Å². The minimum Gasteiger partial charge on any atom is -0.477 e. The van der Waals surface area contributed by atoms with Gasteiger partial charge in [-0.15, -0.1) is 11.3 Å². The van der Waals surface area contributed by atoms with Gasteiger partial charge < -0.3 is 5.11 Å². The van der Waals surface area contributed by atoms with Crippen molar-refractivity contribution in [3.05, 3.63) is 17.0 Å². The molecule has 0 atom stereocenters. The third kappa shape index (κ3) is 1.63. The second-order valence-corrected chi connectivity index (χ2v) is 4.13. The largest absolute Gasteiger partial charge is 0.477 e. The van der Waals surface area contributed by atoms with Crippen LogP contribution < -0.4 is 4.90 Å². The Balaban J connectivity index is 2.33. The molecule has 1 aromatic heterocycles. The Morgan fingerprint density at radius 2 is 1.87 bits per heavy atom. The molecular formula is C9H7NO4S. The van der Waals surface area contributed by atoms with Crippen molar-refractivity contribution in [1.82, 2.24) is 0 Å². The summed E-state index contributed by atoms with van der Waals surface area (Å²) >= 11 is 0.930. The Hall–Kier alpha value is -1.69. The molecule has 0 aliphatic carbocycles. The van der Waals surface area contributed by atoms with E-state index in [2.05, 4.69) is 0 Å². The first-order valence-corrected chi connectivity index (χ1v) is 5.10. The Kier molecular flexibility index (Phi) is 2.28. The predicted octanol–water partition coefficient (Wildman–Crippen LogP) is 1.10. The van der Waals surface area contributed by atoms with Crippen LogP contribution in [0.1, 0.15) is 22.5 Å². The summed E-state index contributed by atoms with van der Waals surface area (Å²) < 4.78 is 0. The van der Waals surface area contributed by atoms with Gasteiger partial charge in [-0.05, 0) is 12.1 Å². The fourth-order valence-electron chi connectivity index (χ4n) is 1.39. The number of hydrogen-bond acceptors (Lipinski definition) is 4. The normalized spacial score (nSPS) is 16.1. The van der Waals surface area contributed by atoms with Crippen LogP contribution in [-0.4, -0.2) is 22.9 Å². The zero-order chi connectivity index (χ0) is 11.0. The smallest absolute Gasteiger partial charge is 0.345 e. The first-order valence-electron chi connectivity index (χ1n) is 4.28. The molecule has 78 valence electrons. The van der Waals surface area contributed by atoms with E-state index in [4.69, 9.17) is 5.11 Å². The zero-order valence-electron chi connectivity index (χ0n) is 7.60. The van der Waals surface area contributed by atoms with E-state index < -0.39 is 5.97 Å². The first kappa shape index (κ1) is 9.85. The van der Waals surface area contributed by atoms with E-state index >= 15 is 0 Å². The van der Waals surface area contributed by atoms with Crippen molar-refractivity contribution in [2.45, 2.75) is 12.8 Å². The van der Waals surface area contributed by atoms with E-state index in [1.165, 1.54) is 12.1 Å². The average Bonchev–Trinajstić information content (AvgIpc) is 2.73. The van der Waals surface area contributed by atoms with Crippen molar-refractivity contribution >= 4 is 34.1 Å². The molecule has 0 unspecified atom stereocenters. The second kappa shape index (κ2) is 3.47. The topological polar surface area (TPSA) is 74.7 Å². The number of aromatic carboxylic acids is 1. The molecule has 1 fully saturated rings. The molecule has 2 rings (SSSR count). The molecular weight excluding hydrogens is 218 g/mol. The van der Waals surface area contributed by atoms with E-state index in [-0.39, 0.29) is 29.5 Å². The molecule has 0 saturated carbocycles. The molecule has 15 heavy (non-hydrogen) atoms. The van der Waals surface area contributed by atoms with Crippen LogP contribution in [0.5, 0.6) is 0 Å². The highest BCUT2D eigenvalue weighted by molar-refractivity contribution is 7.18. The number of carbonyl (C=O) groups is 3. The molecule has 6 heteroatoms. The van der Waals surface area contributed by atoms with Gasteiger partial charge in [0, 0.05) is 12.8 Å². The average molecular weight is 225 g/mol. The van der Waals surface area contributed by atoms with Crippen molar-refractivity contribution in [3.63, 3.8) is 0 Å². The predicted molar refractivity (Wildman–Crippen MR) is 53.0 cm³/mol. The number of imide groups is 1. The Bertz CT molecular complexity index is 435. The third-order valence-corrected chi connectivity index (χ3v) is 3.13. The summed E-state index contributed by atoms with van der Waals surface area (Å²) in [7, 11) is 0. The fraction of sp³-hybridized carbons (Fsp3) is 0.222. The number of rotatable bonds is 2. The van der Waals surface area contributed by atoms with Crippen LogP contribution in [0.3, 0.4) is 0 Å². The highest BCUT2D eigenvalue weighted by Crippen LogP contribution is 2.30. The summed E-state index contributed by atoms with van der Waals surface area (Å²) in [6.07, 6.45) is 0.415. The van der Waals surface area contributed by atoms with E-state index in [0.29, 0.717) is 5.00 Å². The van der Waals surface area contributed by atoms with Crippen molar-refractivity contribution in [3.8, 4) is 0 Å². The molecule has 0 aromatic carbocycles. The SMILES string of the molecule is O=C(O)c1ccc(N2C(=O)CCC2=O)s1. The van der Waals surface area contributed by atoms with E-state index in [9.17, 15) is 14.4 Å². The van der Waals surface area contributed by atoms with Gasteiger partial charge in [0.05, 0.1) is 0 Å². The molecule has 1 N–H and O–H groups in total. The van der Waals surface area contributed by atoms with Gasteiger partial charge in [0.1, 0.15) is 9.88 Å². The van der Waals surface area contributed by atoms with Crippen molar-refractivity contribution in [2.75, 3.05) is 4.90 Å². The molecule has 0 radical (unpaired) electrons. The second-order valence-electron chi connectivity index (χ2n) is 3.07. The molecule has 2 amide bonds. The van der Waals surface area contributed by atoms with E-state index in [1.807, 2.05) is 0 Å². The van der Waals surface area contributed by atoms with Gasteiger partial charge in [0.2, 0.25) is 11.8 Å². The van der Waals surface area contributed by atoms with Gasteiger partial charge in [0.25, 0.3) is 0 Å². The van der Waals surface area contributed by atoms with E-state index in [0.717, 1.165) is 16.2 Å². The quantitative estimate of drug-likeness (QED) is 0.765. The molecule has 2 heterocycles. The maximum atomic E-state index is 11.3. The fourth-order valence-corrected chi connectivity index (χ4v) is 2.26. The lowest BCUT2D eigenvalue weighted by Crippen LogP contribution is -2.27. The maximum absolute atomic E-state index is 11.3. The molecule has 0 spiro atoms. The Morgan fingerprint density at radius 3 is 2.33 bits per heavy atom. The summed E-state index contributed by atoms with van der Waals surface area (Å²) in [5.41, 5.74) is 0. The van der Waals surface area contributed by atoms with Gasteiger partial charge in [-0.1, -0.05) is 0 Å². The van der Waals surface area contributed by atoms with Crippen LogP contribution in [0.4, 0.5) is 5.00 Å². The summed E-state index contributed by atoms with van der Waals surface area (Å²) in [6.45, 7) is 0. The molecule has 0 bridgehead atoms. The van der Waals surface area contributed by atoms with Crippen LogP contribution in [-0.2, 0) is 9.59 Å². The molecule has 1 aromatic rings. The van der Waals surface area contributed by atoms with Gasteiger partial charge in [0.15, 0.2) is 0 Å². The standard InChI is InChI=1S/C9H7NO4S/c11-6-2-3-7(12)10(6)8-4-1-5(15-8)9(13)14/h1,4H,2-3H2,(H,13,14). The number of amides is 2. The number of carboxylic acid groups (broad SMARTS) is 1. The number of nitrogens with zero attached hydrogens (tertiary/aromatic N) is 1. The highest BCUT2D eigenvalue weighted by atomic mass is 32.1. The van der Waals surface area contributed by atoms with Gasteiger partial charge in [-0.3, -0.25) is 9.59 Å². The summed E-state index contributed by atoms with van der Waals surface area (Å²) in [5.74, 6) is -1.58. The summed E-state index contributed by atoms with van der Waals surface area (Å²) in [4.78, 5) is 34.4. The molecule has 1 aliphatic heterocycles. The maximum Gasteiger partial charge on any atom is 0.345 e. The summed E-state index contributed by atoms with van der Waals surface area (Å²) in [6, 6.07) is 2.87. The monoisotopic (exact) mass is 225 g/mol. The minimum absolute atomic E-state index is 0.123. The third-order valence-electron chi connectivity index (χ3n) is 2.07. The number of carbonyl (C=O) groups excluding carboxylic acids is 2. The Morgan fingerprint density at radius 1 is 1.27 bits per heavy atom. The van der Waals surface area contributed by atoms with Crippen LogP contribution in [0, 0.1) is 0 Å².